The fourth-order valence-corrected chi connectivity index (χ4v) is 3.07. The van der Waals surface area contributed by atoms with E-state index in [0.717, 1.165) is 0 Å². The molecule has 0 spiro atoms. The summed E-state index contributed by atoms with van der Waals surface area (Å²) in [5.74, 6) is -0.759. The predicted molar refractivity (Wildman–Crippen MR) is 101 cm³/mol. The quantitative estimate of drug-likeness (QED) is 0.712. The Morgan fingerprint density at radius 2 is 1.88 bits per heavy atom. The molecule has 1 amide bonds. The van der Waals surface area contributed by atoms with Crippen LogP contribution in [0, 0.1) is 5.82 Å². The van der Waals surface area contributed by atoms with Gasteiger partial charge in [-0.2, -0.15) is 0 Å². The number of anilines is 1. The van der Waals surface area contributed by atoms with Crippen LogP contribution in [-0.2, 0) is 4.79 Å². The minimum Gasteiger partial charge on any atom is -0.351 e. The molecule has 3 N–H and O–H groups in total. The van der Waals surface area contributed by atoms with E-state index in [2.05, 4.69) is 16.0 Å². The average molecular weight is 376 g/mol. The lowest BCUT2D eigenvalue weighted by molar-refractivity contribution is -0.113. The highest BCUT2D eigenvalue weighted by Gasteiger charge is 2.31. The first-order valence-corrected chi connectivity index (χ1v) is 8.34. The third-order valence-electron chi connectivity index (χ3n) is 3.83. The molecule has 7 heteroatoms. The summed E-state index contributed by atoms with van der Waals surface area (Å²) >= 11 is 11.0. The minimum absolute atomic E-state index is 0.341. The van der Waals surface area contributed by atoms with E-state index >= 15 is 0 Å². The Bertz CT molecular complexity index is 867. The maximum absolute atomic E-state index is 14.3. The molecule has 128 valence electrons. The summed E-state index contributed by atoms with van der Waals surface area (Å²) < 4.78 is 14.3. The van der Waals surface area contributed by atoms with Gasteiger partial charge in [0.1, 0.15) is 5.82 Å². The summed E-state index contributed by atoms with van der Waals surface area (Å²) in [6.07, 6.45) is 0. The number of carbonyl (C=O) groups excluding carboxylic acids is 1. The van der Waals surface area contributed by atoms with E-state index in [4.69, 9.17) is 23.8 Å². The number of halogens is 2. The number of allylic oxidation sites excluding steroid dienone is 1. The lowest BCUT2D eigenvalue weighted by Gasteiger charge is -2.30. The molecule has 1 aliphatic heterocycles. The summed E-state index contributed by atoms with van der Waals surface area (Å²) in [5, 5.41) is 9.61. The van der Waals surface area contributed by atoms with Crippen LogP contribution < -0.4 is 16.0 Å². The van der Waals surface area contributed by atoms with Gasteiger partial charge in [-0.05, 0) is 49.5 Å². The normalized spacial score (nSPS) is 16.9. The summed E-state index contributed by atoms with van der Waals surface area (Å²) in [5.41, 5.74) is 1.89. The van der Waals surface area contributed by atoms with Gasteiger partial charge in [0.15, 0.2) is 5.11 Å². The number of benzene rings is 2. The predicted octanol–water partition coefficient (Wildman–Crippen LogP) is 3.91. The number of rotatable bonds is 3. The molecule has 4 nitrogen and oxygen atoms in total. The van der Waals surface area contributed by atoms with Crippen molar-refractivity contribution < 1.29 is 9.18 Å². The summed E-state index contributed by atoms with van der Waals surface area (Å²) in [6, 6.07) is 12.4. The van der Waals surface area contributed by atoms with Gasteiger partial charge in [-0.25, -0.2) is 4.39 Å². The molecule has 0 aromatic heterocycles. The Morgan fingerprint density at radius 3 is 2.56 bits per heavy atom. The molecule has 0 aliphatic carbocycles. The van der Waals surface area contributed by atoms with Crippen molar-refractivity contribution in [3.63, 3.8) is 0 Å². The first-order chi connectivity index (χ1) is 12.0. The fraction of sp³-hybridized carbons (Fsp3) is 0.111. The first-order valence-electron chi connectivity index (χ1n) is 7.55. The highest BCUT2D eigenvalue weighted by molar-refractivity contribution is 7.80. The van der Waals surface area contributed by atoms with Gasteiger partial charge in [-0.3, -0.25) is 4.79 Å². The number of carbonyl (C=O) groups is 1. The summed E-state index contributed by atoms with van der Waals surface area (Å²) in [7, 11) is 0. The zero-order valence-corrected chi connectivity index (χ0v) is 14.8. The topological polar surface area (TPSA) is 53.2 Å². The van der Waals surface area contributed by atoms with Gasteiger partial charge in [0, 0.05) is 22.0 Å². The summed E-state index contributed by atoms with van der Waals surface area (Å²) in [4.78, 5) is 12.8. The van der Waals surface area contributed by atoms with E-state index in [1.54, 1.807) is 49.4 Å². The molecular weight excluding hydrogens is 361 g/mol. The Kier molecular flexibility index (Phi) is 5.01. The Balaban J connectivity index is 1.96. The van der Waals surface area contributed by atoms with Crippen LogP contribution in [0.5, 0.6) is 0 Å². The van der Waals surface area contributed by atoms with Crippen molar-refractivity contribution in [2.45, 2.75) is 13.0 Å². The van der Waals surface area contributed by atoms with Crippen LogP contribution in [0.15, 0.2) is 59.8 Å². The lowest BCUT2D eigenvalue weighted by Crippen LogP contribution is -2.46. The van der Waals surface area contributed by atoms with Gasteiger partial charge in [-0.15, -0.1) is 0 Å². The van der Waals surface area contributed by atoms with E-state index in [1.807, 2.05) is 0 Å². The average Bonchev–Trinajstić information content (AvgIpc) is 2.56. The van der Waals surface area contributed by atoms with Crippen molar-refractivity contribution in [3.8, 4) is 0 Å². The second-order valence-corrected chi connectivity index (χ2v) is 6.40. The Morgan fingerprint density at radius 1 is 1.20 bits per heavy atom. The van der Waals surface area contributed by atoms with Crippen LogP contribution in [0.4, 0.5) is 10.1 Å². The van der Waals surface area contributed by atoms with Gasteiger partial charge in [0.2, 0.25) is 0 Å². The monoisotopic (exact) mass is 375 g/mol. The van der Waals surface area contributed by atoms with E-state index in [0.29, 0.717) is 32.7 Å². The number of amides is 1. The van der Waals surface area contributed by atoms with Gasteiger partial charge in [0.05, 0.1) is 11.6 Å². The highest BCUT2D eigenvalue weighted by Crippen LogP contribution is 2.29. The molecule has 2 aromatic carbocycles. The molecule has 2 aromatic rings. The lowest BCUT2D eigenvalue weighted by atomic mass is 9.94. The van der Waals surface area contributed by atoms with Gasteiger partial charge in [-0.1, -0.05) is 29.8 Å². The standard InChI is InChI=1S/C18H15ClFN3OS/c1-10-15(17(24)22-12-8-6-11(19)7-9-12)16(23-18(25)21-10)13-4-2-3-5-14(13)20/h2-9,16H,1H3,(H,22,24)(H2,21,23,25). The molecule has 0 fully saturated rings. The number of nitrogens with one attached hydrogen (secondary N) is 3. The third kappa shape index (κ3) is 3.81. The molecule has 3 rings (SSSR count). The van der Waals surface area contributed by atoms with E-state index in [1.165, 1.54) is 6.07 Å². The molecular formula is C18H15ClFN3OS. The molecule has 0 radical (unpaired) electrons. The smallest absolute Gasteiger partial charge is 0.255 e. The maximum Gasteiger partial charge on any atom is 0.255 e. The molecule has 0 bridgehead atoms. The highest BCUT2D eigenvalue weighted by atomic mass is 35.5. The van der Waals surface area contributed by atoms with Gasteiger partial charge < -0.3 is 16.0 Å². The first kappa shape index (κ1) is 17.4. The van der Waals surface area contributed by atoms with Gasteiger partial charge in [0.25, 0.3) is 5.91 Å². The molecule has 0 saturated heterocycles. The Hall–Kier alpha value is -2.44. The largest absolute Gasteiger partial charge is 0.351 e. The van der Waals surface area contributed by atoms with Crippen LogP contribution in [0.3, 0.4) is 0 Å². The van der Waals surface area contributed by atoms with Crippen molar-refractivity contribution >= 4 is 40.5 Å². The SMILES string of the molecule is CC1=C(C(=O)Nc2ccc(Cl)cc2)C(c2ccccc2F)NC(=S)N1. The molecule has 25 heavy (non-hydrogen) atoms. The number of hydrogen-bond donors (Lipinski definition) is 3. The van der Waals surface area contributed by atoms with Gasteiger partial charge >= 0.3 is 0 Å². The second kappa shape index (κ2) is 7.21. The van der Waals surface area contributed by atoms with Crippen molar-refractivity contribution in [3.05, 3.63) is 76.2 Å². The van der Waals surface area contributed by atoms with Crippen LogP contribution in [0.25, 0.3) is 0 Å². The molecule has 1 aliphatic rings. The van der Waals surface area contributed by atoms with E-state index < -0.39 is 11.9 Å². The van der Waals surface area contributed by atoms with Crippen molar-refractivity contribution in [1.82, 2.24) is 10.6 Å². The Labute approximate surface area is 155 Å². The minimum atomic E-state index is -0.678. The van der Waals surface area contributed by atoms with Crippen molar-refractivity contribution in [1.29, 1.82) is 0 Å². The zero-order valence-electron chi connectivity index (χ0n) is 13.3. The number of hydrogen-bond acceptors (Lipinski definition) is 2. The molecule has 1 atom stereocenters. The zero-order chi connectivity index (χ0) is 18.0. The fourth-order valence-electron chi connectivity index (χ4n) is 2.67. The third-order valence-corrected chi connectivity index (χ3v) is 4.30. The van der Waals surface area contributed by atoms with Crippen molar-refractivity contribution in [2.75, 3.05) is 5.32 Å². The van der Waals surface area contributed by atoms with Crippen LogP contribution in [0.1, 0.15) is 18.5 Å². The molecule has 1 heterocycles. The van der Waals surface area contributed by atoms with Crippen LogP contribution in [0.2, 0.25) is 5.02 Å². The number of thiocarbonyl (C=S) groups is 1. The van der Waals surface area contributed by atoms with Crippen LogP contribution in [-0.4, -0.2) is 11.0 Å². The molecule has 1 unspecified atom stereocenters. The molecule has 0 saturated carbocycles. The van der Waals surface area contributed by atoms with E-state index in [9.17, 15) is 9.18 Å². The second-order valence-electron chi connectivity index (χ2n) is 5.55. The van der Waals surface area contributed by atoms with Crippen molar-refractivity contribution in [2.24, 2.45) is 0 Å². The maximum atomic E-state index is 14.3. The summed E-state index contributed by atoms with van der Waals surface area (Å²) in [6.45, 7) is 1.73. The van der Waals surface area contributed by atoms with E-state index in [-0.39, 0.29) is 5.91 Å². The van der Waals surface area contributed by atoms with Crippen LogP contribution >= 0.6 is 23.8 Å².